The molecule has 18 aromatic rings. The Labute approximate surface area is 656 Å². The second-order valence-corrected chi connectivity index (χ2v) is 32.0. The molecule has 111 heavy (non-hydrogen) atoms. The van der Waals surface area contributed by atoms with Crippen LogP contribution in [0.1, 0.15) is 0 Å². The Balaban J connectivity index is 0.853. The van der Waals surface area contributed by atoms with Crippen molar-refractivity contribution >= 4 is 170 Å². The third kappa shape index (κ3) is 10.6. The summed E-state index contributed by atoms with van der Waals surface area (Å²) in [6, 6.07) is 151. The first-order valence-electron chi connectivity index (χ1n) is 38.1. The average Bonchev–Trinajstić information content (AvgIpc) is 0.946. The fourth-order valence-corrected chi connectivity index (χ4v) is 21.4. The summed E-state index contributed by atoms with van der Waals surface area (Å²) in [7, 11) is 0. The van der Waals surface area contributed by atoms with Crippen LogP contribution in [0, 0.1) is 0 Å². The molecule has 22 rings (SSSR count). The molecule has 1 aromatic heterocycles. The van der Waals surface area contributed by atoms with Gasteiger partial charge >= 0.3 is 440 Å². The minimum Gasteiger partial charge on any atom is -0.0622 e. The zero-order valence-corrected chi connectivity index (χ0v) is 62.7. The summed E-state index contributed by atoms with van der Waals surface area (Å²) in [6.45, 7) is -0.541. The zero-order valence-electron chi connectivity index (χ0n) is 60.4. The molecule has 0 spiro atoms. The number of fused-ring (bicyclic) bond motifs is 11. The van der Waals surface area contributed by atoms with Gasteiger partial charge in [0, 0.05) is 16.8 Å². The molecule has 6 nitrogen and oxygen atoms in total. The molecule has 518 valence electrons. The minimum absolute atomic E-state index is 0.267. The van der Waals surface area contributed by atoms with Gasteiger partial charge in [-0.1, -0.05) is 158 Å². The molecule has 0 saturated heterocycles. The molecule has 0 amide bonds. The van der Waals surface area contributed by atoms with E-state index in [0.29, 0.717) is 0 Å². The van der Waals surface area contributed by atoms with Gasteiger partial charge in [-0.25, -0.2) is 0 Å². The molecule has 0 radical (unpaired) electrons. The minimum atomic E-state index is -0.771. The standard InChI is InChI=1S/C102H67B2N5OTe/c1-7-34-68(35-8-1)76-46-19-26-53-85(76)105(72-42-15-5-16-43-72)74-62-93-101-94(63-74)109(91-59-33-61-99-100(91)80-50-23-32-60-98(80)111-99)92-67-96-84(66-83(92)103(101)81-51-24-30-57-89(81)107(93)87-55-28-21-48-78(87)70-38-11-3-12-39-70)104-82-52-25-31-58-90(82)108(88-56-29-22-49-79(88)71-40-13-4-14-41-71)95-64-75(65-97(110-96)102(95)104)106(73-44-17-6-18-45-73)86-54-27-20-47-77(86)69-36-9-2-10-37-69/h1-67H. The van der Waals surface area contributed by atoms with Crippen LogP contribution in [0.15, 0.2) is 406 Å². The van der Waals surface area contributed by atoms with E-state index in [-0.39, 0.29) is 13.4 Å². The molecule has 0 fully saturated rings. The van der Waals surface area contributed by atoms with E-state index in [1.54, 1.807) is 0 Å². The van der Waals surface area contributed by atoms with E-state index in [0.717, 1.165) is 152 Å². The van der Waals surface area contributed by atoms with Gasteiger partial charge in [0.1, 0.15) is 0 Å². The summed E-state index contributed by atoms with van der Waals surface area (Å²) in [6.07, 6.45) is 0. The molecule has 0 atom stereocenters. The molecule has 0 aliphatic carbocycles. The van der Waals surface area contributed by atoms with Crippen LogP contribution >= 0.6 is 0 Å². The van der Waals surface area contributed by atoms with Gasteiger partial charge in [0.2, 0.25) is 0 Å². The number of ether oxygens (including phenoxy) is 1. The van der Waals surface area contributed by atoms with Crippen LogP contribution in [0.2, 0.25) is 0 Å². The Morgan fingerprint density at radius 1 is 0.234 bits per heavy atom. The van der Waals surface area contributed by atoms with Crippen molar-refractivity contribution in [3.05, 3.63) is 406 Å². The number of hydrogen-bond acceptors (Lipinski definition) is 6. The maximum absolute atomic E-state index is 8.15. The van der Waals surface area contributed by atoms with Crippen LogP contribution in [-0.2, 0) is 0 Å². The van der Waals surface area contributed by atoms with Crippen molar-refractivity contribution in [3.8, 4) is 56.0 Å². The maximum atomic E-state index is 8.15. The Kier molecular flexibility index (Phi) is 15.5. The number of anilines is 15. The summed E-state index contributed by atoms with van der Waals surface area (Å²) in [5.41, 5.74) is 32.2. The Hall–Kier alpha value is -13.5. The van der Waals surface area contributed by atoms with Crippen LogP contribution < -0.4 is 62.0 Å². The number of benzene rings is 17. The fourth-order valence-electron chi connectivity index (χ4n) is 18.2. The summed E-state index contributed by atoms with van der Waals surface area (Å²) in [4.78, 5) is 12.7. The van der Waals surface area contributed by atoms with E-state index in [1.165, 1.54) is 39.4 Å². The molecular formula is C102H67B2N5OTe. The van der Waals surface area contributed by atoms with E-state index in [2.05, 4.69) is 431 Å². The molecule has 0 saturated carbocycles. The number of hydrogen-bond donors (Lipinski definition) is 0. The molecule has 4 aliphatic heterocycles. The van der Waals surface area contributed by atoms with Gasteiger partial charge in [0.15, 0.2) is 0 Å². The van der Waals surface area contributed by atoms with Crippen molar-refractivity contribution in [2.75, 3.05) is 24.5 Å². The van der Waals surface area contributed by atoms with Crippen molar-refractivity contribution in [3.63, 3.8) is 0 Å². The van der Waals surface area contributed by atoms with Crippen LogP contribution in [0.25, 0.3) is 62.1 Å². The third-order valence-corrected chi connectivity index (χ3v) is 26.1. The van der Waals surface area contributed by atoms with E-state index < -0.39 is 20.4 Å². The van der Waals surface area contributed by atoms with Gasteiger partial charge in [-0.05, 0) is 35.4 Å². The number of nitrogens with zero attached hydrogens (tertiary/aromatic N) is 5. The smallest absolute Gasteiger partial charge is 0.0622 e. The Bertz CT molecular complexity index is 6680. The van der Waals surface area contributed by atoms with E-state index in [1.807, 2.05) is 0 Å². The average molecular weight is 1530 g/mol. The van der Waals surface area contributed by atoms with Gasteiger partial charge in [-0.3, -0.25) is 0 Å². The summed E-state index contributed by atoms with van der Waals surface area (Å²) in [5.74, 6) is 1.61. The summed E-state index contributed by atoms with van der Waals surface area (Å²) < 4.78 is 11.0. The fraction of sp³-hybridized carbons (Fsp3) is 0. The van der Waals surface area contributed by atoms with Gasteiger partial charge in [-0.2, -0.15) is 0 Å². The molecular weight excluding hydrogens is 1460 g/mol. The first kappa shape index (κ1) is 64.6. The summed E-state index contributed by atoms with van der Waals surface area (Å²) >= 11 is -0.771. The zero-order chi connectivity index (χ0) is 73.0. The van der Waals surface area contributed by atoms with Gasteiger partial charge in [-0.15, -0.1) is 0 Å². The van der Waals surface area contributed by atoms with E-state index in [4.69, 9.17) is 4.74 Å². The van der Waals surface area contributed by atoms with Crippen LogP contribution in [-0.4, -0.2) is 33.9 Å². The molecule has 9 heteroatoms. The van der Waals surface area contributed by atoms with Crippen molar-refractivity contribution in [2.45, 2.75) is 0 Å². The van der Waals surface area contributed by atoms with Gasteiger partial charge < -0.3 is 0 Å². The second-order valence-electron chi connectivity index (χ2n) is 28.9. The SMILES string of the molecule is c1ccc(-c2ccccc2N(c2ccccc2)c2cc3c4c(c2)N(c2ccccc2-c2ccccc2)c2ccccc2B4c2cc4c(cc2O3)N(c2cccc3[te]c5ccccc5c23)c2cc(N(c3ccccc3)c3ccccc3-c3ccccc3)cc3c2B4c2ccccc2N3c2ccccc2-c2ccccc2)cc1. The van der Waals surface area contributed by atoms with Gasteiger partial charge in [0.25, 0.3) is 0 Å². The molecule has 5 heterocycles. The van der Waals surface area contributed by atoms with Crippen molar-refractivity contribution in [1.82, 2.24) is 0 Å². The Morgan fingerprint density at radius 2 is 0.613 bits per heavy atom. The number of rotatable bonds is 13. The first-order chi connectivity index (χ1) is 55.1. The van der Waals surface area contributed by atoms with Crippen molar-refractivity contribution in [1.29, 1.82) is 0 Å². The van der Waals surface area contributed by atoms with Gasteiger partial charge in [0.05, 0.1) is 11.4 Å². The Morgan fingerprint density at radius 3 is 1.14 bits per heavy atom. The predicted octanol–water partition coefficient (Wildman–Crippen LogP) is 23.1. The van der Waals surface area contributed by atoms with Crippen LogP contribution in [0.5, 0.6) is 11.5 Å². The normalized spacial score (nSPS) is 12.7. The van der Waals surface area contributed by atoms with Crippen molar-refractivity contribution < 1.29 is 4.74 Å². The second kappa shape index (κ2) is 26.7. The summed E-state index contributed by atoms with van der Waals surface area (Å²) in [5, 5.41) is 2.60. The quantitative estimate of drug-likeness (QED) is 0.107. The number of para-hydroxylation sites is 8. The molecule has 4 aliphatic rings. The van der Waals surface area contributed by atoms with E-state index in [9.17, 15) is 0 Å². The third-order valence-electron chi connectivity index (χ3n) is 22.8. The topological polar surface area (TPSA) is 25.4 Å². The molecule has 17 aromatic carbocycles. The molecule has 0 bridgehead atoms. The molecule has 0 unspecified atom stereocenters. The van der Waals surface area contributed by atoms with Crippen LogP contribution in [0.4, 0.5) is 85.3 Å². The first-order valence-corrected chi connectivity index (χ1v) is 40.4. The van der Waals surface area contributed by atoms with Crippen molar-refractivity contribution in [2.24, 2.45) is 0 Å². The predicted molar refractivity (Wildman–Crippen MR) is 469 cm³/mol. The van der Waals surface area contributed by atoms with Crippen LogP contribution in [0.3, 0.4) is 0 Å². The monoisotopic (exact) mass is 1530 g/mol. The van der Waals surface area contributed by atoms with E-state index >= 15 is 0 Å². The molecule has 0 N–H and O–H groups in total.